The molecule has 0 aromatic heterocycles. The molecule has 0 aliphatic rings. The first-order valence-electron chi connectivity index (χ1n) is 7.18. The Hall–Kier alpha value is -3.17. The lowest BCUT2D eigenvalue weighted by atomic mass is 10.1. The maximum absolute atomic E-state index is 11.8. The number of benzene rings is 1. The normalized spacial score (nSPS) is 11.1. The van der Waals surface area contributed by atoms with Crippen molar-refractivity contribution >= 4 is 23.7 Å². The van der Waals surface area contributed by atoms with Crippen LogP contribution >= 0.6 is 0 Å². The van der Waals surface area contributed by atoms with Crippen molar-refractivity contribution in [2.45, 2.75) is 25.5 Å². The predicted molar refractivity (Wildman–Crippen MR) is 83.5 cm³/mol. The smallest absolute Gasteiger partial charge is 0.408 e. The summed E-state index contributed by atoms with van der Waals surface area (Å²) in [7, 11) is 2.36. The SMILES string of the molecule is COC(=O)CCC(NC(=O)OCc1ccc([N+](=O)[O-])cc1)C(=O)OC. The Balaban J connectivity index is 2.54. The molecule has 1 aromatic rings. The summed E-state index contributed by atoms with van der Waals surface area (Å²) < 4.78 is 14.0. The molecule has 0 aliphatic carbocycles. The number of hydrogen-bond acceptors (Lipinski definition) is 8. The number of nitrogens with zero attached hydrogens (tertiary/aromatic N) is 1. The van der Waals surface area contributed by atoms with Crippen LogP contribution in [0.2, 0.25) is 0 Å². The third-order valence-corrected chi connectivity index (χ3v) is 3.16. The highest BCUT2D eigenvalue weighted by atomic mass is 16.6. The lowest BCUT2D eigenvalue weighted by molar-refractivity contribution is -0.384. The molecule has 10 nitrogen and oxygen atoms in total. The van der Waals surface area contributed by atoms with Gasteiger partial charge < -0.3 is 19.5 Å². The van der Waals surface area contributed by atoms with Crippen LogP contribution in [-0.4, -0.2) is 43.2 Å². The van der Waals surface area contributed by atoms with Gasteiger partial charge in [-0.2, -0.15) is 0 Å². The molecular formula is C15H18N2O8. The largest absolute Gasteiger partial charge is 0.469 e. The second-order valence-corrected chi connectivity index (χ2v) is 4.83. The Morgan fingerprint density at radius 1 is 1.16 bits per heavy atom. The average molecular weight is 354 g/mol. The number of nitrogens with one attached hydrogen (secondary N) is 1. The fourth-order valence-corrected chi connectivity index (χ4v) is 1.80. The Morgan fingerprint density at radius 2 is 1.80 bits per heavy atom. The highest BCUT2D eigenvalue weighted by molar-refractivity contribution is 5.82. The first-order valence-corrected chi connectivity index (χ1v) is 7.18. The van der Waals surface area contributed by atoms with Crippen LogP contribution < -0.4 is 5.32 Å². The van der Waals surface area contributed by atoms with E-state index in [0.717, 1.165) is 7.11 Å². The molecule has 0 saturated carbocycles. The summed E-state index contributed by atoms with van der Waals surface area (Å²) in [6.07, 6.45) is -0.983. The summed E-state index contributed by atoms with van der Waals surface area (Å²) in [6.45, 7) is -0.144. The van der Waals surface area contributed by atoms with E-state index >= 15 is 0 Å². The molecule has 1 N–H and O–H groups in total. The number of carbonyl (C=O) groups is 3. The highest BCUT2D eigenvalue weighted by Crippen LogP contribution is 2.12. The molecule has 1 rings (SSSR count). The zero-order valence-corrected chi connectivity index (χ0v) is 13.7. The van der Waals surface area contributed by atoms with Gasteiger partial charge >= 0.3 is 18.0 Å². The van der Waals surface area contributed by atoms with Gasteiger partial charge in [-0.15, -0.1) is 0 Å². The van der Waals surface area contributed by atoms with Crippen LogP contribution in [0.4, 0.5) is 10.5 Å². The molecule has 0 fully saturated rings. The second-order valence-electron chi connectivity index (χ2n) is 4.83. The van der Waals surface area contributed by atoms with Gasteiger partial charge in [-0.3, -0.25) is 14.9 Å². The van der Waals surface area contributed by atoms with Crippen LogP contribution in [0.5, 0.6) is 0 Å². The predicted octanol–water partition coefficient (Wildman–Crippen LogP) is 1.32. The number of nitro groups is 1. The van der Waals surface area contributed by atoms with Gasteiger partial charge in [0.05, 0.1) is 19.1 Å². The molecule has 10 heteroatoms. The molecule has 0 aliphatic heterocycles. The fourth-order valence-electron chi connectivity index (χ4n) is 1.80. The lowest BCUT2D eigenvalue weighted by Gasteiger charge is -2.15. The number of rotatable bonds is 8. The Labute approximate surface area is 143 Å². The highest BCUT2D eigenvalue weighted by Gasteiger charge is 2.23. The van der Waals surface area contributed by atoms with Crippen LogP contribution in [0, 0.1) is 10.1 Å². The molecule has 0 saturated heterocycles. The van der Waals surface area contributed by atoms with Crippen LogP contribution in [0.15, 0.2) is 24.3 Å². The van der Waals surface area contributed by atoms with E-state index in [9.17, 15) is 24.5 Å². The van der Waals surface area contributed by atoms with Crippen molar-refractivity contribution in [3.63, 3.8) is 0 Å². The molecule has 136 valence electrons. The fraction of sp³-hybridized carbons (Fsp3) is 0.400. The van der Waals surface area contributed by atoms with Crippen molar-refractivity contribution in [1.82, 2.24) is 5.32 Å². The van der Waals surface area contributed by atoms with E-state index in [4.69, 9.17) is 4.74 Å². The Kier molecular flexibility index (Phi) is 7.83. The first-order chi connectivity index (χ1) is 11.9. The van der Waals surface area contributed by atoms with Gasteiger partial charge in [-0.05, 0) is 24.1 Å². The van der Waals surface area contributed by atoms with Gasteiger partial charge in [0, 0.05) is 18.6 Å². The molecule has 1 aromatic carbocycles. The molecule has 1 unspecified atom stereocenters. The van der Waals surface area contributed by atoms with Crippen LogP contribution in [0.3, 0.4) is 0 Å². The van der Waals surface area contributed by atoms with Gasteiger partial charge in [-0.25, -0.2) is 9.59 Å². The summed E-state index contributed by atoms with van der Waals surface area (Å²) in [4.78, 5) is 44.5. The molecule has 0 spiro atoms. The minimum absolute atomic E-state index is 0.00796. The van der Waals surface area contributed by atoms with E-state index in [-0.39, 0.29) is 25.1 Å². The van der Waals surface area contributed by atoms with E-state index < -0.39 is 29.0 Å². The van der Waals surface area contributed by atoms with Gasteiger partial charge in [0.2, 0.25) is 0 Å². The number of nitro benzene ring substituents is 1. The van der Waals surface area contributed by atoms with Crippen molar-refractivity contribution in [3.05, 3.63) is 39.9 Å². The second kappa shape index (κ2) is 9.85. The van der Waals surface area contributed by atoms with Crippen molar-refractivity contribution in [2.75, 3.05) is 14.2 Å². The van der Waals surface area contributed by atoms with E-state index in [1.807, 2.05) is 0 Å². The molecule has 0 heterocycles. The number of methoxy groups -OCH3 is 2. The van der Waals surface area contributed by atoms with Crippen molar-refractivity contribution in [1.29, 1.82) is 0 Å². The maximum Gasteiger partial charge on any atom is 0.408 e. The minimum atomic E-state index is -1.06. The van der Waals surface area contributed by atoms with Gasteiger partial charge in [0.25, 0.3) is 5.69 Å². The Bertz CT molecular complexity index is 629. The number of non-ortho nitro benzene ring substituents is 1. The number of alkyl carbamates (subject to hydrolysis) is 1. The first kappa shape index (κ1) is 19.9. The number of hydrogen-bond donors (Lipinski definition) is 1. The van der Waals surface area contributed by atoms with Gasteiger partial charge in [0.15, 0.2) is 0 Å². The van der Waals surface area contributed by atoms with Crippen molar-refractivity contribution < 1.29 is 33.5 Å². The van der Waals surface area contributed by atoms with Crippen LogP contribution in [0.1, 0.15) is 18.4 Å². The topological polar surface area (TPSA) is 134 Å². The zero-order valence-electron chi connectivity index (χ0n) is 13.7. The molecule has 0 bridgehead atoms. The monoisotopic (exact) mass is 354 g/mol. The zero-order chi connectivity index (χ0) is 18.8. The van der Waals surface area contributed by atoms with Crippen molar-refractivity contribution in [3.8, 4) is 0 Å². The summed E-state index contributed by atoms with van der Waals surface area (Å²) >= 11 is 0. The molecule has 25 heavy (non-hydrogen) atoms. The third-order valence-electron chi connectivity index (χ3n) is 3.16. The van der Waals surface area contributed by atoms with E-state index in [0.29, 0.717) is 5.56 Å². The third kappa shape index (κ3) is 6.85. The Morgan fingerprint density at radius 3 is 2.32 bits per heavy atom. The van der Waals surface area contributed by atoms with Gasteiger partial charge in [0.1, 0.15) is 12.6 Å². The summed E-state index contributed by atoms with van der Waals surface area (Å²) in [6, 6.07) is 4.39. The number of carbonyl (C=O) groups excluding carboxylic acids is 3. The number of esters is 2. The lowest BCUT2D eigenvalue weighted by Crippen LogP contribution is -2.42. The molecule has 0 radical (unpaired) electrons. The molecule has 1 amide bonds. The van der Waals surface area contributed by atoms with Crippen LogP contribution in [0.25, 0.3) is 0 Å². The number of amides is 1. The summed E-state index contributed by atoms with van der Waals surface area (Å²) in [5.41, 5.74) is 0.451. The molecule has 1 atom stereocenters. The number of ether oxygens (including phenoxy) is 3. The minimum Gasteiger partial charge on any atom is -0.469 e. The van der Waals surface area contributed by atoms with E-state index in [2.05, 4.69) is 14.8 Å². The van der Waals surface area contributed by atoms with E-state index in [1.54, 1.807) is 0 Å². The quantitative estimate of drug-likeness (QED) is 0.320. The summed E-state index contributed by atoms with van der Waals surface area (Å²) in [5, 5.41) is 12.9. The average Bonchev–Trinajstić information content (AvgIpc) is 2.62. The molecular weight excluding hydrogens is 336 g/mol. The van der Waals surface area contributed by atoms with E-state index in [1.165, 1.54) is 31.4 Å². The van der Waals surface area contributed by atoms with Crippen molar-refractivity contribution in [2.24, 2.45) is 0 Å². The summed E-state index contributed by atoms with van der Waals surface area (Å²) in [5.74, 6) is -1.26. The maximum atomic E-state index is 11.8. The standard InChI is InChI=1S/C15H18N2O8/c1-23-13(18)8-7-12(14(19)24-2)16-15(20)25-9-10-3-5-11(6-4-10)17(21)22/h3-6,12H,7-9H2,1-2H3,(H,16,20). The van der Waals surface area contributed by atoms with Crippen LogP contribution in [-0.2, 0) is 30.4 Å². The van der Waals surface area contributed by atoms with Gasteiger partial charge in [-0.1, -0.05) is 0 Å².